The van der Waals surface area contributed by atoms with Crippen molar-refractivity contribution in [1.82, 2.24) is 4.98 Å². The minimum atomic E-state index is -0.425. The molecule has 0 spiro atoms. The van der Waals surface area contributed by atoms with Crippen LogP contribution in [-0.4, -0.2) is 15.3 Å². The number of aliphatic hydroxyl groups excluding tert-OH is 1. The first kappa shape index (κ1) is 11.4. The van der Waals surface area contributed by atoms with Crippen LogP contribution in [-0.2, 0) is 5.75 Å². The Hall–Kier alpha value is -0.0600. The van der Waals surface area contributed by atoms with E-state index in [1.165, 1.54) is 25.7 Å². The Morgan fingerprint density at radius 3 is 2.93 bits per heavy atom. The van der Waals surface area contributed by atoms with Crippen LogP contribution in [0.15, 0.2) is 5.38 Å². The molecule has 0 radical (unpaired) electrons. The smallest absolute Gasteiger partial charge is 0.103 e. The number of rotatable bonds is 4. The van der Waals surface area contributed by atoms with Gasteiger partial charge in [-0.3, -0.25) is 0 Å². The number of aliphatic hydroxyl groups is 1. The highest BCUT2D eigenvalue weighted by molar-refractivity contribution is 7.99. The van der Waals surface area contributed by atoms with Crippen LogP contribution in [0.3, 0.4) is 0 Å². The van der Waals surface area contributed by atoms with Gasteiger partial charge in [-0.15, -0.1) is 11.3 Å². The van der Waals surface area contributed by atoms with Gasteiger partial charge in [0.05, 0.1) is 11.8 Å². The van der Waals surface area contributed by atoms with Crippen molar-refractivity contribution in [2.75, 3.05) is 0 Å². The molecule has 15 heavy (non-hydrogen) atoms. The molecule has 1 N–H and O–H groups in total. The van der Waals surface area contributed by atoms with Crippen molar-refractivity contribution >= 4 is 23.1 Å². The molecule has 2 rings (SSSR count). The average Bonchev–Trinajstić information content (AvgIpc) is 2.86. The fraction of sp³-hybridized carbons (Fsp3) is 0.727. The lowest BCUT2D eigenvalue weighted by atomic mass is 10.3. The zero-order chi connectivity index (χ0) is 10.7. The van der Waals surface area contributed by atoms with Gasteiger partial charge in [-0.1, -0.05) is 12.8 Å². The Balaban J connectivity index is 1.82. The molecule has 1 aromatic heterocycles. The average molecular weight is 243 g/mol. The normalized spacial score (nSPS) is 19.6. The van der Waals surface area contributed by atoms with E-state index in [1.807, 2.05) is 17.1 Å². The first-order chi connectivity index (χ1) is 7.25. The topological polar surface area (TPSA) is 33.1 Å². The summed E-state index contributed by atoms with van der Waals surface area (Å²) in [5.41, 5.74) is 0.821. The van der Waals surface area contributed by atoms with Crippen LogP contribution < -0.4 is 0 Å². The molecule has 1 atom stereocenters. The Morgan fingerprint density at radius 1 is 1.60 bits per heavy atom. The summed E-state index contributed by atoms with van der Waals surface area (Å²) in [5, 5.41) is 13.3. The first-order valence-electron chi connectivity index (χ1n) is 5.49. The van der Waals surface area contributed by atoms with E-state index in [0.29, 0.717) is 0 Å². The van der Waals surface area contributed by atoms with Gasteiger partial charge < -0.3 is 5.11 Å². The van der Waals surface area contributed by atoms with Crippen molar-refractivity contribution in [2.24, 2.45) is 0 Å². The maximum Gasteiger partial charge on any atom is 0.103 e. The molecule has 0 bridgehead atoms. The monoisotopic (exact) mass is 243 g/mol. The van der Waals surface area contributed by atoms with E-state index in [1.54, 1.807) is 18.3 Å². The molecule has 2 nitrogen and oxygen atoms in total. The molecular weight excluding hydrogens is 226 g/mol. The van der Waals surface area contributed by atoms with Crippen molar-refractivity contribution in [3.05, 3.63) is 16.1 Å². The van der Waals surface area contributed by atoms with Gasteiger partial charge >= 0.3 is 0 Å². The summed E-state index contributed by atoms with van der Waals surface area (Å²) >= 11 is 3.70. The quantitative estimate of drug-likeness (QED) is 0.880. The minimum absolute atomic E-state index is 0.425. The molecule has 0 aromatic carbocycles. The van der Waals surface area contributed by atoms with Crippen molar-refractivity contribution in [3.63, 3.8) is 0 Å². The van der Waals surface area contributed by atoms with Crippen molar-refractivity contribution in [1.29, 1.82) is 0 Å². The molecule has 4 heteroatoms. The summed E-state index contributed by atoms with van der Waals surface area (Å²) < 4.78 is 0. The third-order valence-electron chi connectivity index (χ3n) is 2.74. The van der Waals surface area contributed by atoms with Crippen LogP contribution in [0, 0.1) is 0 Å². The Kier molecular flexibility index (Phi) is 4.05. The molecule has 1 fully saturated rings. The van der Waals surface area contributed by atoms with E-state index in [0.717, 1.165) is 21.7 Å². The maximum atomic E-state index is 9.35. The lowest BCUT2D eigenvalue weighted by Crippen LogP contribution is -1.95. The molecule has 1 aliphatic rings. The van der Waals surface area contributed by atoms with Crippen LogP contribution in [0.4, 0.5) is 0 Å². The number of thioether (sulfide) groups is 1. The summed E-state index contributed by atoms with van der Waals surface area (Å²) in [6.45, 7) is 1.77. The van der Waals surface area contributed by atoms with Crippen LogP contribution in [0.25, 0.3) is 0 Å². The van der Waals surface area contributed by atoms with Gasteiger partial charge in [0.1, 0.15) is 5.01 Å². The Bertz CT molecular complexity index is 305. The Labute approximate surface area is 99.1 Å². The summed E-state index contributed by atoms with van der Waals surface area (Å²) in [6.07, 6.45) is 5.12. The lowest BCUT2D eigenvalue weighted by Gasteiger charge is -2.05. The summed E-state index contributed by atoms with van der Waals surface area (Å²) in [4.78, 5) is 4.42. The molecule has 1 heterocycles. The largest absolute Gasteiger partial charge is 0.387 e. The highest BCUT2D eigenvalue weighted by Gasteiger charge is 2.16. The van der Waals surface area contributed by atoms with Gasteiger partial charge in [-0.2, -0.15) is 11.8 Å². The van der Waals surface area contributed by atoms with E-state index in [9.17, 15) is 5.11 Å². The third kappa shape index (κ3) is 3.20. The second-order valence-electron chi connectivity index (χ2n) is 4.06. The standard InChI is InChI=1S/C11H17NOS2/c1-8(13)10-6-15-11(12-10)7-14-9-4-2-3-5-9/h6,8-9,13H,2-5,7H2,1H3. The fourth-order valence-corrected chi connectivity index (χ4v) is 4.08. The number of hydrogen-bond donors (Lipinski definition) is 1. The van der Waals surface area contributed by atoms with Gasteiger partial charge in [-0.05, 0) is 19.8 Å². The zero-order valence-corrected chi connectivity index (χ0v) is 10.6. The molecule has 0 aliphatic heterocycles. The van der Waals surface area contributed by atoms with Crippen molar-refractivity contribution < 1.29 is 5.11 Å². The molecule has 84 valence electrons. The molecule has 1 aromatic rings. The first-order valence-corrected chi connectivity index (χ1v) is 7.42. The summed E-state index contributed by atoms with van der Waals surface area (Å²) in [6, 6.07) is 0. The van der Waals surface area contributed by atoms with E-state index < -0.39 is 6.10 Å². The van der Waals surface area contributed by atoms with E-state index in [-0.39, 0.29) is 0 Å². The third-order valence-corrected chi connectivity index (χ3v) is 5.17. The number of hydrogen-bond acceptors (Lipinski definition) is 4. The summed E-state index contributed by atoms with van der Waals surface area (Å²) in [7, 11) is 0. The van der Waals surface area contributed by atoms with Gasteiger partial charge in [0.15, 0.2) is 0 Å². The maximum absolute atomic E-state index is 9.35. The van der Waals surface area contributed by atoms with Gasteiger partial charge in [0.2, 0.25) is 0 Å². The van der Waals surface area contributed by atoms with Gasteiger partial charge in [0, 0.05) is 16.4 Å². The van der Waals surface area contributed by atoms with Crippen molar-refractivity contribution in [2.45, 2.75) is 49.7 Å². The van der Waals surface area contributed by atoms with Crippen LogP contribution in [0.1, 0.15) is 49.4 Å². The van der Waals surface area contributed by atoms with Gasteiger partial charge in [-0.25, -0.2) is 4.98 Å². The van der Waals surface area contributed by atoms with Gasteiger partial charge in [0.25, 0.3) is 0 Å². The van der Waals surface area contributed by atoms with E-state index >= 15 is 0 Å². The number of aromatic nitrogens is 1. The minimum Gasteiger partial charge on any atom is -0.387 e. The molecule has 1 aliphatic carbocycles. The Morgan fingerprint density at radius 2 is 2.33 bits per heavy atom. The van der Waals surface area contributed by atoms with Crippen molar-refractivity contribution in [3.8, 4) is 0 Å². The molecule has 1 unspecified atom stereocenters. The molecular formula is C11H17NOS2. The van der Waals surface area contributed by atoms with Crippen LogP contribution in [0.2, 0.25) is 0 Å². The van der Waals surface area contributed by atoms with Crippen LogP contribution >= 0.6 is 23.1 Å². The SMILES string of the molecule is CC(O)c1csc(CSC2CCCC2)n1. The zero-order valence-electron chi connectivity index (χ0n) is 8.98. The highest BCUT2D eigenvalue weighted by atomic mass is 32.2. The predicted octanol–water partition coefficient (Wildman–Crippen LogP) is 3.37. The second-order valence-corrected chi connectivity index (χ2v) is 6.29. The molecule has 0 saturated heterocycles. The highest BCUT2D eigenvalue weighted by Crippen LogP contribution is 2.32. The summed E-state index contributed by atoms with van der Waals surface area (Å²) in [5.74, 6) is 1.02. The lowest BCUT2D eigenvalue weighted by molar-refractivity contribution is 0.195. The fourth-order valence-electron chi connectivity index (χ4n) is 1.83. The molecule has 1 saturated carbocycles. The number of nitrogens with zero attached hydrogens (tertiary/aromatic N) is 1. The predicted molar refractivity (Wildman–Crippen MR) is 66.3 cm³/mol. The van der Waals surface area contributed by atoms with E-state index in [4.69, 9.17) is 0 Å². The van der Waals surface area contributed by atoms with Crippen LogP contribution in [0.5, 0.6) is 0 Å². The second kappa shape index (κ2) is 5.32. The number of thiazole rings is 1. The molecule has 0 amide bonds. The van der Waals surface area contributed by atoms with E-state index in [2.05, 4.69) is 4.98 Å².